The predicted molar refractivity (Wildman–Crippen MR) is 129 cm³/mol. The molecular formula is C24H29N5O4S. The molecule has 1 aliphatic heterocycles. The van der Waals surface area contributed by atoms with Gasteiger partial charge in [-0.25, -0.2) is 0 Å². The lowest BCUT2D eigenvalue weighted by Crippen LogP contribution is -2.33. The van der Waals surface area contributed by atoms with Gasteiger partial charge in [-0.3, -0.25) is 4.79 Å². The van der Waals surface area contributed by atoms with Crippen molar-refractivity contribution < 1.29 is 19.0 Å². The number of ether oxygens (including phenoxy) is 3. The molecule has 180 valence electrons. The number of carbonyl (C=O) groups is 1. The molecule has 0 spiro atoms. The average molecular weight is 484 g/mol. The summed E-state index contributed by atoms with van der Waals surface area (Å²) in [5.74, 6) is 2.38. The molecule has 0 bridgehead atoms. The number of rotatable bonds is 9. The van der Waals surface area contributed by atoms with Crippen LogP contribution in [0.25, 0.3) is 5.69 Å². The molecule has 10 heteroatoms. The summed E-state index contributed by atoms with van der Waals surface area (Å²) in [7, 11) is 0. The maximum atomic E-state index is 12.9. The molecule has 1 aliphatic rings. The van der Waals surface area contributed by atoms with Gasteiger partial charge in [0.1, 0.15) is 11.4 Å². The Morgan fingerprint density at radius 3 is 2.76 bits per heavy atom. The van der Waals surface area contributed by atoms with Crippen LogP contribution in [0.15, 0.2) is 47.6 Å². The number of tetrazole rings is 1. The maximum Gasteiger partial charge on any atom is 0.230 e. The highest BCUT2D eigenvalue weighted by molar-refractivity contribution is 7.99. The number of hydrogen-bond acceptors (Lipinski definition) is 8. The van der Waals surface area contributed by atoms with Crippen LogP contribution in [0, 0.1) is 5.92 Å². The summed E-state index contributed by atoms with van der Waals surface area (Å²) in [6.07, 6.45) is 0.847. The van der Waals surface area contributed by atoms with Crippen molar-refractivity contribution in [1.82, 2.24) is 25.5 Å². The SMILES string of the molecule is CCOc1ccccc1-n1nnnc1SCC(=O)NC(c1ccc2c(c1)OCCCO2)C(C)C. The molecule has 3 aromatic rings. The van der Waals surface area contributed by atoms with Gasteiger partial charge in [-0.05, 0) is 53.1 Å². The summed E-state index contributed by atoms with van der Waals surface area (Å²) >= 11 is 1.27. The topological polar surface area (TPSA) is 100 Å². The molecule has 0 aliphatic carbocycles. The van der Waals surface area contributed by atoms with Crippen LogP contribution >= 0.6 is 11.8 Å². The molecule has 1 aromatic heterocycles. The Balaban J connectivity index is 1.44. The van der Waals surface area contributed by atoms with Gasteiger partial charge >= 0.3 is 0 Å². The Morgan fingerprint density at radius 2 is 1.97 bits per heavy atom. The van der Waals surface area contributed by atoms with Gasteiger partial charge in [0.2, 0.25) is 11.1 Å². The van der Waals surface area contributed by atoms with Crippen LogP contribution in [0.1, 0.15) is 38.8 Å². The molecule has 0 saturated carbocycles. The highest BCUT2D eigenvalue weighted by Crippen LogP contribution is 2.34. The van der Waals surface area contributed by atoms with E-state index in [9.17, 15) is 4.79 Å². The first-order valence-corrected chi connectivity index (χ1v) is 12.4. The number of fused-ring (bicyclic) bond motifs is 1. The Hall–Kier alpha value is -3.27. The second kappa shape index (κ2) is 11.2. The van der Waals surface area contributed by atoms with Gasteiger partial charge in [-0.1, -0.05) is 43.8 Å². The van der Waals surface area contributed by atoms with E-state index in [1.165, 1.54) is 11.8 Å². The molecule has 0 saturated heterocycles. The number of thioether (sulfide) groups is 1. The maximum absolute atomic E-state index is 12.9. The molecular weight excluding hydrogens is 454 g/mol. The van der Waals surface area contributed by atoms with Gasteiger partial charge in [0, 0.05) is 6.42 Å². The van der Waals surface area contributed by atoms with Crippen molar-refractivity contribution in [2.24, 2.45) is 5.92 Å². The van der Waals surface area contributed by atoms with Crippen molar-refractivity contribution in [3.63, 3.8) is 0 Å². The molecule has 34 heavy (non-hydrogen) atoms. The first-order valence-electron chi connectivity index (χ1n) is 11.4. The van der Waals surface area contributed by atoms with Crippen molar-refractivity contribution in [3.05, 3.63) is 48.0 Å². The fraction of sp³-hybridized carbons (Fsp3) is 0.417. The number of nitrogens with zero attached hydrogens (tertiary/aromatic N) is 4. The predicted octanol–water partition coefficient (Wildman–Crippen LogP) is 3.83. The second-order valence-electron chi connectivity index (χ2n) is 8.11. The zero-order chi connectivity index (χ0) is 23.9. The number of benzene rings is 2. The monoisotopic (exact) mass is 483 g/mol. The molecule has 2 aromatic carbocycles. The molecule has 1 amide bonds. The third-order valence-corrected chi connectivity index (χ3v) is 6.20. The fourth-order valence-electron chi connectivity index (χ4n) is 3.68. The van der Waals surface area contributed by atoms with Gasteiger partial charge in [0.25, 0.3) is 0 Å². The minimum atomic E-state index is -0.167. The quantitative estimate of drug-likeness (QED) is 0.459. The summed E-state index contributed by atoms with van der Waals surface area (Å²) in [5.41, 5.74) is 1.71. The van der Waals surface area contributed by atoms with Gasteiger partial charge < -0.3 is 19.5 Å². The Labute approximate surface area is 203 Å². The zero-order valence-electron chi connectivity index (χ0n) is 19.6. The molecule has 2 heterocycles. The van der Waals surface area contributed by atoms with E-state index in [1.54, 1.807) is 4.68 Å². The number of hydrogen-bond donors (Lipinski definition) is 1. The molecule has 9 nitrogen and oxygen atoms in total. The number of amides is 1. The van der Waals surface area contributed by atoms with Crippen LogP contribution < -0.4 is 19.5 Å². The molecule has 1 unspecified atom stereocenters. The number of carbonyl (C=O) groups excluding carboxylic acids is 1. The smallest absolute Gasteiger partial charge is 0.230 e. The van der Waals surface area contributed by atoms with E-state index in [4.69, 9.17) is 14.2 Å². The fourth-order valence-corrected chi connectivity index (χ4v) is 4.38. The van der Waals surface area contributed by atoms with Crippen LogP contribution in [-0.2, 0) is 4.79 Å². The van der Waals surface area contributed by atoms with Crippen molar-refractivity contribution in [2.75, 3.05) is 25.6 Å². The second-order valence-corrected chi connectivity index (χ2v) is 9.05. The summed E-state index contributed by atoms with van der Waals surface area (Å²) in [4.78, 5) is 12.9. The summed E-state index contributed by atoms with van der Waals surface area (Å²) in [6.45, 7) is 7.86. The van der Waals surface area contributed by atoms with Crippen LogP contribution in [0.4, 0.5) is 0 Å². The number of aromatic nitrogens is 4. The summed E-state index contributed by atoms with van der Waals surface area (Å²) in [6, 6.07) is 13.2. The van der Waals surface area contributed by atoms with E-state index in [0.717, 1.165) is 29.2 Å². The van der Waals surface area contributed by atoms with Crippen LogP contribution in [0.5, 0.6) is 17.2 Å². The molecule has 1 N–H and O–H groups in total. The van der Waals surface area contributed by atoms with Crippen LogP contribution in [0.3, 0.4) is 0 Å². The van der Waals surface area contributed by atoms with Crippen molar-refractivity contribution in [3.8, 4) is 22.9 Å². The molecule has 1 atom stereocenters. The van der Waals surface area contributed by atoms with E-state index < -0.39 is 0 Å². The number of nitrogens with one attached hydrogen (secondary N) is 1. The van der Waals surface area contributed by atoms with Crippen LogP contribution in [0.2, 0.25) is 0 Å². The van der Waals surface area contributed by atoms with Gasteiger partial charge in [-0.2, -0.15) is 4.68 Å². The van der Waals surface area contributed by atoms with Gasteiger partial charge in [0.05, 0.1) is 31.6 Å². The minimum absolute atomic E-state index is 0.108. The molecule has 0 radical (unpaired) electrons. The van der Waals surface area contributed by atoms with Crippen LogP contribution in [-0.4, -0.2) is 51.7 Å². The summed E-state index contributed by atoms with van der Waals surface area (Å²) in [5, 5.41) is 15.6. The Bertz CT molecular complexity index is 1120. The average Bonchev–Trinajstić information content (AvgIpc) is 3.17. The van der Waals surface area contributed by atoms with Gasteiger partial charge in [-0.15, -0.1) is 5.10 Å². The van der Waals surface area contributed by atoms with E-state index >= 15 is 0 Å². The zero-order valence-corrected chi connectivity index (χ0v) is 20.4. The third kappa shape index (κ3) is 5.61. The Kier molecular flexibility index (Phi) is 7.89. The van der Waals surface area contributed by atoms with Gasteiger partial charge in [0.15, 0.2) is 11.5 Å². The van der Waals surface area contributed by atoms with E-state index in [0.29, 0.717) is 30.7 Å². The third-order valence-electron chi connectivity index (χ3n) is 5.28. The normalized spacial score (nSPS) is 13.9. The first-order chi connectivity index (χ1) is 16.6. The lowest BCUT2D eigenvalue weighted by atomic mass is 9.95. The summed E-state index contributed by atoms with van der Waals surface area (Å²) < 4.78 is 18.8. The highest BCUT2D eigenvalue weighted by atomic mass is 32.2. The lowest BCUT2D eigenvalue weighted by Gasteiger charge is -2.24. The van der Waals surface area contributed by atoms with Crippen molar-refractivity contribution in [1.29, 1.82) is 0 Å². The minimum Gasteiger partial charge on any atom is -0.492 e. The van der Waals surface area contributed by atoms with E-state index in [2.05, 4.69) is 34.7 Å². The highest BCUT2D eigenvalue weighted by Gasteiger charge is 2.22. The Morgan fingerprint density at radius 1 is 1.18 bits per heavy atom. The molecule has 0 fully saturated rings. The lowest BCUT2D eigenvalue weighted by molar-refractivity contribution is -0.119. The standard InChI is InChI=1S/C24H29N5O4S/c1-4-31-19-9-6-5-8-18(19)29-24(26-27-28-29)34-15-22(30)25-23(16(2)3)17-10-11-20-21(14-17)33-13-7-12-32-20/h5-6,8-11,14,16,23H,4,7,12-13,15H2,1-3H3,(H,25,30). The first kappa shape index (κ1) is 23.9. The molecule has 4 rings (SSSR count). The van der Waals surface area contributed by atoms with Crippen molar-refractivity contribution >= 4 is 17.7 Å². The number of para-hydroxylation sites is 2. The van der Waals surface area contributed by atoms with E-state index in [-0.39, 0.29) is 23.6 Å². The van der Waals surface area contributed by atoms with Crippen molar-refractivity contribution in [2.45, 2.75) is 38.4 Å². The largest absolute Gasteiger partial charge is 0.492 e. The van der Waals surface area contributed by atoms with E-state index in [1.807, 2.05) is 49.4 Å².